The zero-order valence-corrected chi connectivity index (χ0v) is 14.1. The van der Waals surface area contributed by atoms with E-state index in [0.29, 0.717) is 18.2 Å². The minimum atomic E-state index is 0.197. The van der Waals surface area contributed by atoms with Crippen molar-refractivity contribution in [2.75, 3.05) is 13.7 Å². The van der Waals surface area contributed by atoms with Crippen molar-refractivity contribution < 1.29 is 13.9 Å². The number of ether oxygens (including phenoxy) is 2. The Kier molecular flexibility index (Phi) is 4.08. The molecule has 0 saturated heterocycles. The third kappa shape index (κ3) is 2.72. The van der Waals surface area contributed by atoms with Crippen LogP contribution in [0.5, 0.6) is 11.5 Å². The van der Waals surface area contributed by atoms with Crippen LogP contribution in [0.15, 0.2) is 46.9 Å². The quantitative estimate of drug-likeness (QED) is 0.745. The highest BCUT2D eigenvalue weighted by Crippen LogP contribution is 2.37. The van der Waals surface area contributed by atoms with Crippen LogP contribution in [0.2, 0.25) is 5.02 Å². The summed E-state index contributed by atoms with van der Waals surface area (Å²) < 4.78 is 17.0. The lowest BCUT2D eigenvalue weighted by molar-refractivity contribution is 0.250. The minimum absolute atomic E-state index is 0.197. The molecule has 2 heterocycles. The van der Waals surface area contributed by atoms with Crippen LogP contribution in [0.1, 0.15) is 23.8 Å². The molecule has 0 bridgehead atoms. The molecule has 0 radical (unpaired) electrons. The first-order chi connectivity index (χ1) is 11.8. The fourth-order valence-electron chi connectivity index (χ4n) is 3.16. The zero-order valence-electron chi connectivity index (χ0n) is 13.3. The van der Waals surface area contributed by atoms with Gasteiger partial charge in [-0.05, 0) is 18.2 Å². The van der Waals surface area contributed by atoms with E-state index in [4.69, 9.17) is 25.5 Å². The maximum Gasteiger partial charge on any atom is 0.176 e. The summed E-state index contributed by atoms with van der Waals surface area (Å²) in [6, 6.07) is 14.0. The zero-order chi connectivity index (χ0) is 16.5. The normalized spacial score (nSPS) is 16.7. The number of rotatable bonds is 4. The number of halogens is 1. The van der Waals surface area contributed by atoms with E-state index in [0.717, 1.165) is 40.2 Å². The highest BCUT2D eigenvalue weighted by atomic mass is 35.5. The van der Waals surface area contributed by atoms with Gasteiger partial charge in [0.1, 0.15) is 11.5 Å². The monoisotopic (exact) mass is 343 g/mol. The predicted molar refractivity (Wildman–Crippen MR) is 93.9 cm³/mol. The molecule has 0 saturated carbocycles. The third-order valence-corrected chi connectivity index (χ3v) is 4.63. The fourth-order valence-corrected chi connectivity index (χ4v) is 3.40. The first-order valence-electron chi connectivity index (χ1n) is 7.96. The Morgan fingerprint density at radius 1 is 1.25 bits per heavy atom. The average Bonchev–Trinajstić information content (AvgIpc) is 3.03. The maximum absolute atomic E-state index is 6.23. The smallest absolute Gasteiger partial charge is 0.176 e. The highest BCUT2D eigenvalue weighted by molar-refractivity contribution is 6.32. The number of methoxy groups -OCH3 is 1. The van der Waals surface area contributed by atoms with Crippen LogP contribution in [0.4, 0.5) is 0 Å². The van der Waals surface area contributed by atoms with Crippen LogP contribution in [-0.4, -0.2) is 13.7 Å². The molecule has 4 nitrogen and oxygen atoms in total. The molecule has 3 aromatic rings. The Morgan fingerprint density at radius 2 is 2.12 bits per heavy atom. The lowest BCUT2D eigenvalue weighted by atomic mass is 10.0. The number of hydrogen-bond acceptors (Lipinski definition) is 4. The van der Waals surface area contributed by atoms with E-state index in [2.05, 4.69) is 11.4 Å². The van der Waals surface area contributed by atoms with E-state index in [1.807, 2.05) is 36.4 Å². The summed E-state index contributed by atoms with van der Waals surface area (Å²) in [5.74, 6) is 2.42. The Balaban J connectivity index is 1.55. The molecule has 2 aromatic carbocycles. The van der Waals surface area contributed by atoms with Gasteiger partial charge in [-0.25, -0.2) is 0 Å². The SMILES string of the molecule is COc1cccc2cc(CNC3CCOc4c(Cl)cccc43)oc12. The van der Waals surface area contributed by atoms with Crippen molar-refractivity contribution in [3.8, 4) is 11.5 Å². The van der Waals surface area contributed by atoms with Crippen molar-refractivity contribution >= 4 is 22.6 Å². The number of fused-ring (bicyclic) bond motifs is 2. The van der Waals surface area contributed by atoms with Gasteiger partial charge in [-0.1, -0.05) is 35.9 Å². The first-order valence-corrected chi connectivity index (χ1v) is 8.34. The van der Waals surface area contributed by atoms with Crippen LogP contribution in [-0.2, 0) is 6.54 Å². The lowest BCUT2D eigenvalue weighted by Crippen LogP contribution is -2.26. The molecule has 124 valence electrons. The van der Waals surface area contributed by atoms with Gasteiger partial charge in [0.15, 0.2) is 11.3 Å². The van der Waals surface area contributed by atoms with E-state index in [1.54, 1.807) is 7.11 Å². The molecule has 1 atom stereocenters. The van der Waals surface area contributed by atoms with Crippen LogP contribution in [0.25, 0.3) is 11.0 Å². The van der Waals surface area contributed by atoms with Crippen LogP contribution in [0.3, 0.4) is 0 Å². The lowest BCUT2D eigenvalue weighted by Gasteiger charge is -2.27. The summed E-state index contributed by atoms with van der Waals surface area (Å²) in [6.45, 7) is 1.29. The van der Waals surface area contributed by atoms with Gasteiger partial charge < -0.3 is 19.2 Å². The number of para-hydroxylation sites is 2. The molecule has 0 fully saturated rings. The van der Waals surface area contributed by atoms with Gasteiger partial charge in [-0.3, -0.25) is 0 Å². The van der Waals surface area contributed by atoms with E-state index >= 15 is 0 Å². The van der Waals surface area contributed by atoms with Crippen molar-refractivity contribution in [3.63, 3.8) is 0 Å². The number of nitrogens with one attached hydrogen (secondary N) is 1. The largest absolute Gasteiger partial charge is 0.493 e. The van der Waals surface area contributed by atoms with Gasteiger partial charge in [0.05, 0.1) is 25.3 Å². The van der Waals surface area contributed by atoms with Gasteiger partial charge in [0.25, 0.3) is 0 Å². The number of benzene rings is 2. The summed E-state index contributed by atoms with van der Waals surface area (Å²) in [5.41, 5.74) is 1.88. The van der Waals surface area contributed by atoms with Gasteiger partial charge in [-0.15, -0.1) is 0 Å². The van der Waals surface area contributed by atoms with Gasteiger partial charge in [0, 0.05) is 23.4 Å². The molecule has 1 N–H and O–H groups in total. The molecule has 0 spiro atoms. The van der Waals surface area contributed by atoms with Crippen LogP contribution >= 0.6 is 11.6 Å². The first kappa shape index (κ1) is 15.4. The van der Waals surface area contributed by atoms with E-state index in [-0.39, 0.29) is 6.04 Å². The second kappa shape index (κ2) is 6.38. The Labute approximate surface area is 145 Å². The highest BCUT2D eigenvalue weighted by Gasteiger charge is 2.23. The molecule has 0 amide bonds. The van der Waals surface area contributed by atoms with Crippen molar-refractivity contribution in [1.29, 1.82) is 0 Å². The molecular weight excluding hydrogens is 326 g/mol. The minimum Gasteiger partial charge on any atom is -0.493 e. The van der Waals surface area contributed by atoms with Crippen molar-refractivity contribution in [2.24, 2.45) is 0 Å². The van der Waals surface area contributed by atoms with E-state index < -0.39 is 0 Å². The van der Waals surface area contributed by atoms with Crippen molar-refractivity contribution in [1.82, 2.24) is 5.32 Å². The van der Waals surface area contributed by atoms with Crippen molar-refractivity contribution in [3.05, 3.63) is 58.8 Å². The molecule has 24 heavy (non-hydrogen) atoms. The number of hydrogen-bond donors (Lipinski definition) is 1. The second-order valence-corrected chi connectivity index (χ2v) is 6.23. The molecule has 1 aliphatic heterocycles. The summed E-state index contributed by atoms with van der Waals surface area (Å²) in [7, 11) is 1.65. The summed E-state index contributed by atoms with van der Waals surface area (Å²) in [6.07, 6.45) is 0.900. The molecule has 1 unspecified atom stereocenters. The van der Waals surface area contributed by atoms with Crippen LogP contribution in [0, 0.1) is 0 Å². The Bertz CT molecular complexity index is 874. The van der Waals surface area contributed by atoms with Gasteiger partial charge >= 0.3 is 0 Å². The second-order valence-electron chi connectivity index (χ2n) is 5.82. The number of furan rings is 1. The summed E-state index contributed by atoms with van der Waals surface area (Å²) in [4.78, 5) is 0. The molecule has 1 aromatic heterocycles. The van der Waals surface area contributed by atoms with Crippen molar-refractivity contribution in [2.45, 2.75) is 19.0 Å². The van der Waals surface area contributed by atoms with Gasteiger partial charge in [0.2, 0.25) is 0 Å². The molecule has 5 heteroatoms. The van der Waals surface area contributed by atoms with E-state index in [1.165, 1.54) is 0 Å². The van der Waals surface area contributed by atoms with Crippen LogP contribution < -0.4 is 14.8 Å². The molecular formula is C19H18ClNO3. The summed E-state index contributed by atoms with van der Waals surface area (Å²) >= 11 is 6.23. The fraction of sp³-hybridized carbons (Fsp3) is 0.263. The van der Waals surface area contributed by atoms with Gasteiger partial charge in [-0.2, -0.15) is 0 Å². The summed E-state index contributed by atoms with van der Waals surface area (Å²) in [5, 5.41) is 5.25. The topological polar surface area (TPSA) is 43.6 Å². The predicted octanol–water partition coefficient (Wildman–Crippen LogP) is 4.71. The Hall–Kier alpha value is -2.17. The third-order valence-electron chi connectivity index (χ3n) is 4.33. The average molecular weight is 344 g/mol. The maximum atomic E-state index is 6.23. The Morgan fingerprint density at radius 3 is 3.00 bits per heavy atom. The molecule has 1 aliphatic rings. The van der Waals surface area contributed by atoms with E-state index in [9.17, 15) is 0 Å². The standard InChI is InChI=1S/C19H18ClNO3/c1-22-17-7-2-4-12-10-13(24-18(12)17)11-21-16-8-9-23-19-14(16)5-3-6-15(19)20/h2-7,10,16,21H,8-9,11H2,1H3. The molecule has 4 rings (SSSR count). The molecule has 0 aliphatic carbocycles.